The molecule has 106 valence electrons. The fourth-order valence-electron chi connectivity index (χ4n) is 1.65. The Kier molecular flexibility index (Phi) is 5.66. The van der Waals surface area contributed by atoms with Crippen molar-refractivity contribution in [3.8, 4) is 6.07 Å². The lowest BCUT2D eigenvalue weighted by Crippen LogP contribution is -2.45. The molecule has 1 rings (SSSR count). The van der Waals surface area contributed by atoms with E-state index in [1.54, 1.807) is 6.92 Å². The van der Waals surface area contributed by atoms with Crippen LogP contribution >= 0.6 is 0 Å². The second-order valence-corrected chi connectivity index (χ2v) is 4.32. The number of esters is 1. The Hall–Kier alpha value is -2.42. The van der Waals surface area contributed by atoms with E-state index >= 15 is 0 Å². The van der Waals surface area contributed by atoms with E-state index in [1.165, 1.54) is 19.2 Å². The highest BCUT2D eigenvalue weighted by atomic mass is 19.1. The van der Waals surface area contributed by atoms with Crippen molar-refractivity contribution in [3.05, 3.63) is 35.6 Å². The van der Waals surface area contributed by atoms with Crippen LogP contribution in [0, 0.1) is 23.1 Å². The van der Waals surface area contributed by atoms with E-state index in [1.807, 2.05) is 6.07 Å². The number of halogens is 1. The highest BCUT2D eigenvalue weighted by Gasteiger charge is 2.27. The van der Waals surface area contributed by atoms with Crippen LogP contribution in [0.5, 0.6) is 0 Å². The minimum Gasteiger partial charge on any atom is -0.467 e. The molecule has 1 N–H and O–H groups in total. The van der Waals surface area contributed by atoms with E-state index in [0.29, 0.717) is 0 Å². The highest BCUT2D eigenvalue weighted by molar-refractivity contribution is 5.96. The lowest BCUT2D eigenvalue weighted by molar-refractivity contribution is -0.144. The molecule has 0 fully saturated rings. The SMILES string of the molecule is COC(=O)[C@H](NC(=O)c1ccc(F)cc1)[C@H](C)CC#N. The Morgan fingerprint density at radius 1 is 1.40 bits per heavy atom. The Balaban J connectivity index is 2.84. The van der Waals surface area contributed by atoms with Gasteiger partial charge in [0.25, 0.3) is 5.91 Å². The molecule has 1 aromatic carbocycles. The minimum absolute atomic E-state index is 0.101. The Bertz CT molecular complexity index is 522. The first-order chi connectivity index (χ1) is 9.49. The number of carbonyl (C=O) groups excluding carboxylic acids is 2. The van der Waals surface area contributed by atoms with Crippen molar-refractivity contribution in [2.24, 2.45) is 5.92 Å². The predicted octanol–water partition coefficient (Wildman–Crippen LogP) is 1.65. The number of ether oxygens (including phenoxy) is 1. The molecule has 6 heteroatoms. The minimum atomic E-state index is -0.919. The molecular weight excluding hydrogens is 263 g/mol. The van der Waals surface area contributed by atoms with Crippen LogP contribution < -0.4 is 5.32 Å². The molecule has 0 spiro atoms. The summed E-state index contributed by atoms with van der Waals surface area (Å²) in [5.41, 5.74) is 0.226. The third-order valence-corrected chi connectivity index (χ3v) is 2.83. The predicted molar refractivity (Wildman–Crippen MR) is 69.1 cm³/mol. The maximum absolute atomic E-state index is 12.8. The lowest BCUT2D eigenvalue weighted by Gasteiger charge is -2.21. The van der Waals surface area contributed by atoms with Crippen LogP contribution in [0.2, 0.25) is 0 Å². The number of rotatable bonds is 5. The molecule has 1 aromatic rings. The summed E-state index contributed by atoms with van der Waals surface area (Å²) in [5.74, 6) is -1.99. The van der Waals surface area contributed by atoms with E-state index in [2.05, 4.69) is 10.1 Å². The number of methoxy groups -OCH3 is 1. The maximum Gasteiger partial charge on any atom is 0.328 e. The smallest absolute Gasteiger partial charge is 0.328 e. The Morgan fingerprint density at radius 3 is 2.50 bits per heavy atom. The summed E-state index contributed by atoms with van der Waals surface area (Å²) in [5, 5.41) is 11.2. The molecule has 20 heavy (non-hydrogen) atoms. The molecule has 2 atom stereocenters. The van der Waals surface area contributed by atoms with Crippen LogP contribution in [0.25, 0.3) is 0 Å². The second-order valence-electron chi connectivity index (χ2n) is 4.32. The molecular formula is C14H15FN2O3. The molecule has 0 aliphatic rings. The van der Waals surface area contributed by atoms with Crippen LogP contribution in [0.15, 0.2) is 24.3 Å². The molecule has 0 radical (unpaired) electrons. The topological polar surface area (TPSA) is 79.2 Å². The molecule has 1 amide bonds. The number of amides is 1. The van der Waals surface area contributed by atoms with Gasteiger partial charge >= 0.3 is 5.97 Å². The zero-order valence-corrected chi connectivity index (χ0v) is 11.2. The van der Waals surface area contributed by atoms with Crippen molar-refractivity contribution in [2.45, 2.75) is 19.4 Å². The van der Waals surface area contributed by atoms with Crippen LogP contribution in [0.3, 0.4) is 0 Å². The first kappa shape index (κ1) is 15.6. The normalized spacial score (nSPS) is 12.9. The molecule has 0 aliphatic carbocycles. The Labute approximate surface area is 116 Å². The van der Waals surface area contributed by atoms with Crippen molar-refractivity contribution in [2.75, 3.05) is 7.11 Å². The number of nitrogens with one attached hydrogen (secondary N) is 1. The summed E-state index contributed by atoms with van der Waals surface area (Å²) in [6.07, 6.45) is 0.101. The van der Waals surface area contributed by atoms with Crippen molar-refractivity contribution in [1.82, 2.24) is 5.32 Å². The first-order valence-electron chi connectivity index (χ1n) is 6.00. The molecule has 0 bridgehead atoms. The van der Waals surface area contributed by atoms with Crippen LogP contribution in [0.1, 0.15) is 23.7 Å². The number of hydrogen-bond acceptors (Lipinski definition) is 4. The summed E-state index contributed by atoms with van der Waals surface area (Å²) in [7, 11) is 1.21. The number of benzene rings is 1. The fourth-order valence-corrected chi connectivity index (χ4v) is 1.65. The van der Waals surface area contributed by atoms with Gasteiger partial charge in [0, 0.05) is 17.9 Å². The fraction of sp³-hybridized carbons (Fsp3) is 0.357. The van der Waals surface area contributed by atoms with Gasteiger partial charge in [0.1, 0.15) is 11.9 Å². The van der Waals surface area contributed by atoms with Gasteiger partial charge in [-0.15, -0.1) is 0 Å². The van der Waals surface area contributed by atoms with Gasteiger partial charge in [-0.1, -0.05) is 6.92 Å². The van der Waals surface area contributed by atoms with E-state index in [9.17, 15) is 14.0 Å². The van der Waals surface area contributed by atoms with Crippen molar-refractivity contribution < 1.29 is 18.7 Å². The molecule has 0 aliphatic heterocycles. The standard InChI is InChI=1S/C14H15FN2O3/c1-9(7-8-16)12(14(19)20-2)17-13(18)10-3-5-11(15)6-4-10/h3-6,9,12H,7H2,1-2H3,(H,17,18)/t9-,12-/m1/s1. The Morgan fingerprint density at radius 2 is 2.00 bits per heavy atom. The molecule has 0 heterocycles. The van der Waals surface area contributed by atoms with Gasteiger partial charge in [0.15, 0.2) is 0 Å². The van der Waals surface area contributed by atoms with E-state index < -0.39 is 29.7 Å². The molecule has 0 saturated carbocycles. The highest BCUT2D eigenvalue weighted by Crippen LogP contribution is 2.11. The van der Waals surface area contributed by atoms with Crippen molar-refractivity contribution >= 4 is 11.9 Å². The van der Waals surface area contributed by atoms with Gasteiger partial charge in [-0.3, -0.25) is 4.79 Å². The molecule has 0 saturated heterocycles. The average molecular weight is 278 g/mol. The lowest BCUT2D eigenvalue weighted by atomic mass is 9.98. The molecule has 5 nitrogen and oxygen atoms in total. The first-order valence-corrected chi connectivity index (χ1v) is 6.00. The summed E-state index contributed by atoms with van der Waals surface area (Å²) in [4.78, 5) is 23.6. The largest absolute Gasteiger partial charge is 0.467 e. The van der Waals surface area contributed by atoms with E-state index in [4.69, 9.17) is 5.26 Å². The third kappa shape index (κ3) is 4.05. The van der Waals surface area contributed by atoms with Gasteiger partial charge in [-0.2, -0.15) is 5.26 Å². The number of hydrogen-bond donors (Lipinski definition) is 1. The summed E-state index contributed by atoms with van der Waals surface area (Å²) >= 11 is 0. The number of nitrogens with zero attached hydrogens (tertiary/aromatic N) is 1. The van der Waals surface area contributed by atoms with Gasteiger partial charge < -0.3 is 10.1 Å². The van der Waals surface area contributed by atoms with Gasteiger partial charge in [0.05, 0.1) is 13.2 Å². The number of carbonyl (C=O) groups is 2. The van der Waals surface area contributed by atoms with Gasteiger partial charge in [-0.25, -0.2) is 9.18 Å². The zero-order valence-electron chi connectivity index (χ0n) is 11.2. The van der Waals surface area contributed by atoms with Crippen molar-refractivity contribution in [1.29, 1.82) is 5.26 Å². The summed E-state index contributed by atoms with van der Waals surface area (Å²) in [6, 6.07) is 5.95. The van der Waals surface area contributed by atoms with Crippen LogP contribution in [0.4, 0.5) is 4.39 Å². The van der Waals surface area contributed by atoms with Crippen molar-refractivity contribution in [3.63, 3.8) is 0 Å². The summed E-state index contributed by atoms with van der Waals surface area (Å²) < 4.78 is 17.4. The van der Waals surface area contributed by atoms with E-state index in [-0.39, 0.29) is 12.0 Å². The zero-order chi connectivity index (χ0) is 15.1. The summed E-state index contributed by atoms with van der Waals surface area (Å²) in [6.45, 7) is 1.66. The molecule has 0 unspecified atom stereocenters. The molecule has 0 aromatic heterocycles. The maximum atomic E-state index is 12.8. The van der Waals surface area contributed by atoms with Crippen LogP contribution in [-0.4, -0.2) is 25.0 Å². The van der Waals surface area contributed by atoms with Crippen LogP contribution in [-0.2, 0) is 9.53 Å². The van der Waals surface area contributed by atoms with Gasteiger partial charge in [0.2, 0.25) is 0 Å². The number of nitriles is 1. The quantitative estimate of drug-likeness (QED) is 0.830. The van der Waals surface area contributed by atoms with Gasteiger partial charge in [-0.05, 0) is 24.3 Å². The third-order valence-electron chi connectivity index (χ3n) is 2.83. The average Bonchev–Trinajstić information content (AvgIpc) is 2.44. The second kappa shape index (κ2) is 7.24. The van der Waals surface area contributed by atoms with E-state index in [0.717, 1.165) is 12.1 Å². The monoisotopic (exact) mass is 278 g/mol.